The Kier molecular flexibility index (Phi) is 6.97. The second kappa shape index (κ2) is 9.51. The number of likely N-dealkylation sites (tertiary alicyclic amines) is 1. The van der Waals surface area contributed by atoms with E-state index in [0.717, 1.165) is 36.1 Å². The Balaban J connectivity index is 1.27. The monoisotopic (exact) mass is 510 g/mol. The standard InChI is InChI=1S/C22H27BrN2O3S2/c23-20-6-7-21(29-20)30(27,28)25-14-10-19(11-15-25)22(26)24-12-8-18(9-13-24)16-17-4-2-1-3-5-17/h1-7,18-19H,8-16H2. The van der Waals surface area contributed by atoms with Crippen molar-refractivity contribution < 1.29 is 13.2 Å². The van der Waals surface area contributed by atoms with Crippen molar-refractivity contribution in [3.63, 3.8) is 0 Å². The molecular weight excluding hydrogens is 484 g/mol. The first kappa shape index (κ1) is 22.0. The molecule has 0 radical (unpaired) electrons. The zero-order valence-corrected chi connectivity index (χ0v) is 20.1. The fraction of sp³-hybridized carbons (Fsp3) is 0.500. The quantitative estimate of drug-likeness (QED) is 0.599. The Morgan fingerprint density at radius 1 is 0.967 bits per heavy atom. The number of piperidine rings is 2. The number of carbonyl (C=O) groups excluding carboxylic acids is 1. The highest BCUT2D eigenvalue weighted by Gasteiger charge is 2.35. The molecule has 2 aliphatic rings. The van der Waals surface area contributed by atoms with Crippen LogP contribution in [0.5, 0.6) is 0 Å². The maximum atomic E-state index is 13.0. The van der Waals surface area contributed by atoms with Gasteiger partial charge in [0, 0.05) is 32.1 Å². The molecule has 0 unspecified atom stereocenters. The average molecular weight is 512 g/mol. The predicted molar refractivity (Wildman–Crippen MR) is 123 cm³/mol. The van der Waals surface area contributed by atoms with Gasteiger partial charge in [0.2, 0.25) is 5.91 Å². The molecular formula is C22H27BrN2O3S2. The fourth-order valence-electron chi connectivity index (χ4n) is 4.47. The predicted octanol–water partition coefficient (Wildman–Crippen LogP) is 4.39. The van der Waals surface area contributed by atoms with Gasteiger partial charge in [0.1, 0.15) is 4.21 Å². The van der Waals surface area contributed by atoms with E-state index in [9.17, 15) is 13.2 Å². The first-order valence-corrected chi connectivity index (χ1v) is 13.6. The van der Waals surface area contributed by atoms with E-state index in [1.54, 1.807) is 12.1 Å². The highest BCUT2D eigenvalue weighted by Crippen LogP contribution is 2.32. The molecule has 1 amide bonds. The summed E-state index contributed by atoms with van der Waals surface area (Å²) in [6.07, 6.45) is 4.38. The Hall–Kier alpha value is -1.22. The minimum absolute atomic E-state index is 0.0582. The van der Waals surface area contributed by atoms with Crippen LogP contribution >= 0.6 is 27.3 Å². The van der Waals surface area contributed by atoms with Crippen molar-refractivity contribution in [2.45, 2.75) is 36.3 Å². The number of thiophene rings is 1. The Morgan fingerprint density at radius 3 is 2.23 bits per heavy atom. The highest BCUT2D eigenvalue weighted by atomic mass is 79.9. The van der Waals surface area contributed by atoms with Gasteiger partial charge in [0.05, 0.1) is 3.79 Å². The minimum Gasteiger partial charge on any atom is -0.342 e. The molecule has 5 nitrogen and oxygen atoms in total. The molecule has 1 aromatic carbocycles. The van der Waals surface area contributed by atoms with Gasteiger partial charge in [-0.2, -0.15) is 4.31 Å². The van der Waals surface area contributed by atoms with Gasteiger partial charge in [-0.25, -0.2) is 8.42 Å². The average Bonchev–Trinajstić information content (AvgIpc) is 3.22. The second-order valence-electron chi connectivity index (χ2n) is 8.20. The van der Waals surface area contributed by atoms with Gasteiger partial charge in [0.15, 0.2) is 0 Å². The second-order valence-corrected chi connectivity index (χ2v) is 12.8. The Morgan fingerprint density at radius 2 is 1.63 bits per heavy atom. The molecule has 8 heteroatoms. The molecule has 162 valence electrons. The van der Waals surface area contributed by atoms with Gasteiger partial charge in [-0.05, 0) is 71.6 Å². The molecule has 2 aromatic rings. The lowest BCUT2D eigenvalue weighted by Crippen LogP contribution is -2.46. The summed E-state index contributed by atoms with van der Waals surface area (Å²) in [6, 6.07) is 14.0. The summed E-state index contributed by atoms with van der Waals surface area (Å²) in [7, 11) is -3.46. The van der Waals surface area contributed by atoms with E-state index >= 15 is 0 Å². The van der Waals surface area contributed by atoms with Crippen LogP contribution in [-0.2, 0) is 21.2 Å². The Labute approximate surface area is 191 Å². The number of sulfonamides is 1. The van der Waals surface area contributed by atoms with E-state index in [0.29, 0.717) is 36.1 Å². The molecule has 0 N–H and O–H groups in total. The first-order chi connectivity index (χ1) is 14.4. The molecule has 3 heterocycles. The number of hydrogen-bond acceptors (Lipinski definition) is 4. The summed E-state index contributed by atoms with van der Waals surface area (Å²) in [5.74, 6) is 0.787. The van der Waals surface area contributed by atoms with E-state index in [-0.39, 0.29) is 11.8 Å². The molecule has 4 rings (SSSR count). The lowest BCUT2D eigenvalue weighted by atomic mass is 9.89. The topological polar surface area (TPSA) is 57.7 Å². The molecule has 0 bridgehead atoms. The van der Waals surface area contributed by atoms with Crippen molar-refractivity contribution >= 4 is 43.2 Å². The minimum atomic E-state index is -3.46. The smallest absolute Gasteiger partial charge is 0.252 e. The number of hydrogen-bond donors (Lipinski definition) is 0. The van der Waals surface area contributed by atoms with Crippen LogP contribution in [0.4, 0.5) is 0 Å². The summed E-state index contributed by atoms with van der Waals surface area (Å²) < 4.78 is 28.3. The lowest BCUT2D eigenvalue weighted by molar-refractivity contribution is -0.138. The van der Waals surface area contributed by atoms with Crippen LogP contribution < -0.4 is 0 Å². The molecule has 30 heavy (non-hydrogen) atoms. The van der Waals surface area contributed by atoms with Crippen molar-refractivity contribution in [1.29, 1.82) is 0 Å². The van der Waals surface area contributed by atoms with Gasteiger partial charge in [-0.1, -0.05) is 30.3 Å². The number of halogens is 1. The summed E-state index contributed by atoms with van der Waals surface area (Å²) in [5.41, 5.74) is 1.37. The molecule has 2 fully saturated rings. The molecule has 2 aliphatic heterocycles. The third-order valence-corrected chi connectivity index (χ3v) is 10.2. The molecule has 2 saturated heterocycles. The largest absolute Gasteiger partial charge is 0.342 e. The Bertz CT molecular complexity index is 961. The molecule has 1 aromatic heterocycles. The van der Waals surface area contributed by atoms with Crippen LogP contribution in [0.3, 0.4) is 0 Å². The van der Waals surface area contributed by atoms with Gasteiger partial charge in [-0.15, -0.1) is 11.3 Å². The number of amides is 1. The summed E-state index contributed by atoms with van der Waals surface area (Å²) in [4.78, 5) is 15.0. The van der Waals surface area contributed by atoms with E-state index in [4.69, 9.17) is 0 Å². The van der Waals surface area contributed by atoms with Crippen molar-refractivity contribution in [2.24, 2.45) is 11.8 Å². The summed E-state index contributed by atoms with van der Waals surface area (Å²) in [5, 5.41) is 0. The van der Waals surface area contributed by atoms with Crippen molar-refractivity contribution in [1.82, 2.24) is 9.21 Å². The van der Waals surface area contributed by atoms with E-state index in [1.165, 1.54) is 21.2 Å². The molecule has 0 spiro atoms. The van der Waals surface area contributed by atoms with Crippen LogP contribution in [-0.4, -0.2) is 49.7 Å². The number of rotatable bonds is 5. The summed E-state index contributed by atoms with van der Waals surface area (Å²) in [6.45, 7) is 2.47. The maximum Gasteiger partial charge on any atom is 0.252 e. The number of nitrogens with zero attached hydrogens (tertiary/aromatic N) is 2. The van der Waals surface area contributed by atoms with Crippen molar-refractivity contribution in [3.8, 4) is 0 Å². The van der Waals surface area contributed by atoms with Crippen LogP contribution in [0.15, 0.2) is 50.5 Å². The van der Waals surface area contributed by atoms with Crippen LogP contribution in [0, 0.1) is 11.8 Å². The van der Waals surface area contributed by atoms with Crippen molar-refractivity contribution in [2.75, 3.05) is 26.2 Å². The lowest BCUT2D eigenvalue weighted by Gasteiger charge is -2.37. The zero-order chi connectivity index (χ0) is 21.1. The molecule has 0 saturated carbocycles. The third kappa shape index (κ3) is 4.98. The number of benzene rings is 1. The highest BCUT2D eigenvalue weighted by molar-refractivity contribution is 9.11. The summed E-state index contributed by atoms with van der Waals surface area (Å²) >= 11 is 4.56. The van der Waals surface area contributed by atoms with Gasteiger partial charge < -0.3 is 4.90 Å². The van der Waals surface area contributed by atoms with Gasteiger partial charge >= 0.3 is 0 Å². The van der Waals surface area contributed by atoms with Gasteiger partial charge in [-0.3, -0.25) is 4.79 Å². The molecule has 0 atom stereocenters. The SMILES string of the molecule is O=C(C1CCN(S(=O)(=O)c2ccc(Br)s2)CC1)N1CCC(Cc2ccccc2)CC1. The van der Waals surface area contributed by atoms with Crippen LogP contribution in [0.1, 0.15) is 31.2 Å². The fourth-order valence-corrected chi connectivity index (χ4v) is 8.10. The third-order valence-electron chi connectivity index (χ3n) is 6.24. The van der Waals surface area contributed by atoms with E-state index < -0.39 is 10.0 Å². The van der Waals surface area contributed by atoms with Gasteiger partial charge in [0.25, 0.3) is 10.0 Å². The maximum absolute atomic E-state index is 13.0. The zero-order valence-electron chi connectivity index (χ0n) is 16.9. The number of carbonyl (C=O) groups is 1. The van der Waals surface area contributed by atoms with E-state index in [2.05, 4.69) is 40.2 Å². The van der Waals surface area contributed by atoms with Crippen LogP contribution in [0.2, 0.25) is 0 Å². The normalized spacial score (nSPS) is 19.8. The van der Waals surface area contributed by atoms with Crippen molar-refractivity contribution in [3.05, 3.63) is 51.8 Å². The van der Waals surface area contributed by atoms with Crippen LogP contribution in [0.25, 0.3) is 0 Å². The molecule has 0 aliphatic carbocycles. The first-order valence-electron chi connectivity index (χ1n) is 10.5. The van der Waals surface area contributed by atoms with E-state index in [1.807, 2.05) is 11.0 Å².